The minimum atomic E-state index is -0.470. The zero-order valence-corrected chi connectivity index (χ0v) is 19.9. The van der Waals surface area contributed by atoms with Crippen LogP contribution in [0.2, 0.25) is 13.1 Å². The molecule has 0 N–H and O–H groups in total. The molecule has 2 aromatic rings. The van der Waals surface area contributed by atoms with E-state index in [2.05, 4.69) is 88.5 Å². The summed E-state index contributed by atoms with van der Waals surface area (Å²) in [5, 5.41) is 0. The first-order valence-corrected chi connectivity index (χ1v) is 17.0. The fraction of sp³-hybridized carbons (Fsp3) is 0.333. The van der Waals surface area contributed by atoms with Crippen molar-refractivity contribution >= 4 is 8.70 Å². The zero-order valence-electron chi connectivity index (χ0n) is 16.5. The van der Waals surface area contributed by atoms with Crippen molar-refractivity contribution in [1.82, 2.24) is 0 Å². The summed E-state index contributed by atoms with van der Waals surface area (Å²) >= 11 is -0.470. The van der Waals surface area contributed by atoms with E-state index in [-0.39, 0.29) is 10.8 Å². The summed E-state index contributed by atoms with van der Waals surface area (Å²) in [4.78, 5) is 0. The molecule has 4 rings (SSSR count). The zero-order chi connectivity index (χ0) is 18.5. The average Bonchev–Trinajstić information content (AvgIpc) is 3.17. The summed E-state index contributed by atoms with van der Waals surface area (Å²) in [6, 6.07) is 16.3. The molecule has 2 aliphatic carbocycles. The van der Waals surface area contributed by atoms with Crippen LogP contribution < -0.4 is 3.27 Å². The number of fused-ring (bicyclic) bond motifs is 3. The third-order valence-corrected chi connectivity index (χ3v) is 13.0. The number of hydrogen-bond donors (Lipinski definition) is 0. The monoisotopic (exact) mass is 433 g/mol. The first-order chi connectivity index (χ1) is 12.4. The van der Waals surface area contributed by atoms with E-state index >= 15 is 0 Å². The molecule has 2 heteroatoms. The molecule has 0 bridgehead atoms. The molecule has 1 unspecified atom stereocenters. The number of hydrogen-bond acceptors (Lipinski definition) is 0. The van der Waals surface area contributed by atoms with Crippen LogP contribution in [0.1, 0.15) is 44.2 Å². The van der Waals surface area contributed by atoms with Gasteiger partial charge in [0.05, 0.1) is 0 Å². The molecule has 0 amide bonds. The Labute approximate surface area is 169 Å². The molecule has 0 nitrogen and oxygen atoms in total. The topological polar surface area (TPSA) is 0 Å². The molecule has 0 spiro atoms. The predicted octanol–water partition coefficient (Wildman–Crippen LogP) is 6.06. The second kappa shape index (κ2) is 6.88. The van der Waals surface area contributed by atoms with Crippen molar-refractivity contribution in [1.29, 1.82) is 0 Å². The average molecular weight is 435 g/mol. The molecule has 26 heavy (non-hydrogen) atoms. The maximum absolute atomic E-state index is 2.52. The van der Waals surface area contributed by atoms with E-state index in [4.69, 9.17) is 0 Å². The van der Waals surface area contributed by atoms with Crippen LogP contribution in [0.5, 0.6) is 0 Å². The van der Waals surface area contributed by atoms with Gasteiger partial charge in [-0.25, -0.2) is 0 Å². The van der Waals surface area contributed by atoms with Crippen molar-refractivity contribution in [3.63, 3.8) is 0 Å². The van der Waals surface area contributed by atoms with Gasteiger partial charge in [0.25, 0.3) is 0 Å². The van der Waals surface area contributed by atoms with E-state index in [0.717, 1.165) is 6.42 Å². The van der Waals surface area contributed by atoms with Gasteiger partial charge >= 0.3 is 170 Å². The SMILES string of the molecule is C[Si](C)=[Zr][c]1cccc2c1C(C1=CC(C(C)(C)C)=CC1)c1ccccc1-2. The fourth-order valence-electron chi connectivity index (χ4n) is 4.29. The molecule has 1 atom stereocenters. The van der Waals surface area contributed by atoms with E-state index in [1.165, 1.54) is 22.3 Å². The summed E-state index contributed by atoms with van der Waals surface area (Å²) in [6.07, 6.45) is 6.09. The summed E-state index contributed by atoms with van der Waals surface area (Å²) in [7, 11) is 0. The molecule has 0 saturated carbocycles. The van der Waals surface area contributed by atoms with E-state index in [0.29, 0.717) is 5.92 Å². The molecule has 0 fully saturated rings. The van der Waals surface area contributed by atoms with Crippen molar-refractivity contribution in [2.45, 2.75) is 46.2 Å². The Kier molecular flexibility index (Phi) is 4.86. The molecule has 131 valence electrons. The van der Waals surface area contributed by atoms with Crippen LogP contribution in [-0.4, -0.2) is 5.43 Å². The van der Waals surface area contributed by atoms with Gasteiger partial charge in [0.1, 0.15) is 0 Å². The van der Waals surface area contributed by atoms with Crippen molar-refractivity contribution in [3.05, 3.63) is 76.9 Å². The fourth-order valence-corrected chi connectivity index (χ4v) is 11.6. The molecule has 2 aromatic carbocycles. The quantitative estimate of drug-likeness (QED) is 0.504. The minimum absolute atomic E-state index is 0.136. The summed E-state index contributed by atoms with van der Waals surface area (Å²) in [5.74, 6) is 0.482. The summed E-state index contributed by atoms with van der Waals surface area (Å²) in [6.45, 7) is 12.0. The molecule has 0 aliphatic heterocycles. The molecular formula is C24H27SiZr. The van der Waals surface area contributed by atoms with Gasteiger partial charge in [0.15, 0.2) is 0 Å². The maximum atomic E-state index is 2.52. The van der Waals surface area contributed by atoms with Gasteiger partial charge in [0, 0.05) is 0 Å². The van der Waals surface area contributed by atoms with Crippen LogP contribution in [0.4, 0.5) is 0 Å². The van der Waals surface area contributed by atoms with Gasteiger partial charge in [-0.05, 0) is 0 Å². The summed E-state index contributed by atoms with van der Waals surface area (Å²) < 4.78 is 1.75. The van der Waals surface area contributed by atoms with Gasteiger partial charge < -0.3 is 0 Å². The Morgan fingerprint density at radius 1 is 0.962 bits per heavy atom. The van der Waals surface area contributed by atoms with E-state index in [9.17, 15) is 0 Å². The second-order valence-corrected chi connectivity index (χ2v) is 21.5. The first-order valence-electron chi connectivity index (χ1n) is 9.57. The van der Waals surface area contributed by atoms with Gasteiger partial charge in [-0.1, -0.05) is 0 Å². The van der Waals surface area contributed by atoms with E-state index < -0.39 is 21.9 Å². The molecule has 0 radical (unpaired) electrons. The second-order valence-electron chi connectivity index (χ2n) is 8.74. The third kappa shape index (κ3) is 3.20. The summed E-state index contributed by atoms with van der Waals surface area (Å²) in [5.41, 5.74) is 9.40. The van der Waals surface area contributed by atoms with Crippen LogP contribution in [0.25, 0.3) is 11.1 Å². The van der Waals surface area contributed by atoms with Crippen LogP contribution in [0.15, 0.2) is 65.8 Å². The Morgan fingerprint density at radius 3 is 2.38 bits per heavy atom. The van der Waals surface area contributed by atoms with Gasteiger partial charge in [-0.15, -0.1) is 0 Å². The number of allylic oxidation sites excluding steroid dienone is 4. The van der Waals surface area contributed by atoms with Gasteiger partial charge in [-0.3, -0.25) is 0 Å². The van der Waals surface area contributed by atoms with Crippen LogP contribution >= 0.6 is 0 Å². The number of rotatable bonds is 2. The third-order valence-electron chi connectivity index (χ3n) is 5.48. The first kappa shape index (κ1) is 18.4. The Bertz CT molecular complexity index is 966. The predicted molar refractivity (Wildman–Crippen MR) is 111 cm³/mol. The number of benzene rings is 2. The molecule has 0 aromatic heterocycles. The molecule has 2 aliphatic rings. The Hall–Kier alpha value is -0.980. The normalized spacial score (nSPS) is 18.0. The molecule has 0 saturated heterocycles. The van der Waals surface area contributed by atoms with Crippen LogP contribution in [-0.2, 0) is 21.9 Å². The van der Waals surface area contributed by atoms with Gasteiger partial charge in [-0.2, -0.15) is 0 Å². The Morgan fingerprint density at radius 2 is 1.69 bits per heavy atom. The van der Waals surface area contributed by atoms with E-state index in [1.54, 1.807) is 14.4 Å². The van der Waals surface area contributed by atoms with Crippen molar-refractivity contribution in [2.75, 3.05) is 0 Å². The molecular weight excluding hydrogens is 408 g/mol. The van der Waals surface area contributed by atoms with E-state index in [1.807, 2.05) is 0 Å². The van der Waals surface area contributed by atoms with Crippen LogP contribution in [0, 0.1) is 5.41 Å². The van der Waals surface area contributed by atoms with Crippen molar-refractivity contribution < 1.29 is 21.9 Å². The van der Waals surface area contributed by atoms with Crippen LogP contribution in [0.3, 0.4) is 0 Å². The van der Waals surface area contributed by atoms with Crippen molar-refractivity contribution in [2.24, 2.45) is 5.41 Å². The van der Waals surface area contributed by atoms with Gasteiger partial charge in [0.2, 0.25) is 0 Å². The Balaban J connectivity index is 1.91. The van der Waals surface area contributed by atoms with Crippen molar-refractivity contribution in [3.8, 4) is 11.1 Å². The standard InChI is InChI=1S/C22H21.C2H6Si.Zr/c1-22(2,3)16-13-12-15(14-16)21-19-10-6-4-8-17(19)18-9-5-7-11-20(18)21;1-3-2;/h4-10,13-14,21H,12H2,1-3H3;1-2H3;. The molecule has 0 heterocycles.